The molecule has 0 aliphatic heterocycles. The van der Waals surface area contributed by atoms with Crippen LogP contribution in [-0.2, 0) is 28.6 Å². The van der Waals surface area contributed by atoms with Gasteiger partial charge in [0.15, 0.2) is 6.10 Å². The van der Waals surface area contributed by atoms with Crippen LogP contribution in [0.3, 0.4) is 0 Å². The van der Waals surface area contributed by atoms with Crippen molar-refractivity contribution in [2.24, 2.45) is 0 Å². The minimum Gasteiger partial charge on any atom is -0.462 e. The standard InChI is InChI=1S/C69H110O6/c1-4-7-10-13-16-19-22-25-28-31-33-34-36-38-41-44-47-50-53-56-59-62-68(71)74-65-66(64-73-67(70)61-58-55-52-49-46-43-40-37-30-27-24-21-18-15-12-9-6-3)75-69(72)63-60-57-54-51-48-45-42-39-35-32-29-26-23-20-17-14-11-8-5-2/h7,9-10,12,16-21,25-30,33-35,38-39,41,47,50,66H,4-6,8,11,13-15,22-24,31-32,36-37,40,42-46,48-49,51-65H2,1-3H3/b10-7-,12-9-,19-16-,20-17-,21-18-,28-25-,29-26-,30-27-,34-33-,39-35-,41-38-,50-47-. The lowest BCUT2D eigenvalue weighted by molar-refractivity contribution is -0.167. The fourth-order valence-corrected chi connectivity index (χ4v) is 7.82. The molecular weight excluding hydrogens is 925 g/mol. The third kappa shape index (κ3) is 60.0. The molecule has 0 aliphatic carbocycles. The molecule has 0 aromatic heterocycles. The van der Waals surface area contributed by atoms with Gasteiger partial charge in [0.1, 0.15) is 13.2 Å². The van der Waals surface area contributed by atoms with Gasteiger partial charge in [-0.25, -0.2) is 0 Å². The Bertz CT molecular complexity index is 1660. The first-order chi connectivity index (χ1) is 37.0. The van der Waals surface area contributed by atoms with E-state index in [2.05, 4.69) is 167 Å². The number of carbonyl (C=O) groups is 3. The van der Waals surface area contributed by atoms with Gasteiger partial charge in [0, 0.05) is 19.3 Å². The molecule has 0 aromatic carbocycles. The molecule has 1 unspecified atom stereocenters. The monoisotopic (exact) mass is 1030 g/mol. The summed E-state index contributed by atoms with van der Waals surface area (Å²) in [6, 6.07) is 0. The highest BCUT2D eigenvalue weighted by molar-refractivity contribution is 5.71. The second-order valence-corrected chi connectivity index (χ2v) is 19.5. The van der Waals surface area contributed by atoms with Crippen LogP contribution < -0.4 is 0 Å². The van der Waals surface area contributed by atoms with E-state index in [0.717, 1.165) is 141 Å². The summed E-state index contributed by atoms with van der Waals surface area (Å²) in [5.74, 6) is -0.978. The Morgan fingerprint density at radius 2 is 0.520 bits per heavy atom. The number of allylic oxidation sites excluding steroid dienone is 24. The molecule has 0 radical (unpaired) electrons. The molecule has 0 amide bonds. The molecule has 0 aliphatic rings. The molecular formula is C69H110O6. The Hall–Kier alpha value is -4.71. The van der Waals surface area contributed by atoms with Crippen molar-refractivity contribution in [1.29, 1.82) is 0 Å². The smallest absolute Gasteiger partial charge is 0.306 e. The molecule has 0 heterocycles. The van der Waals surface area contributed by atoms with Gasteiger partial charge in [0.25, 0.3) is 0 Å². The number of carbonyl (C=O) groups excluding carboxylic acids is 3. The van der Waals surface area contributed by atoms with Crippen LogP contribution in [0.1, 0.15) is 252 Å². The molecule has 75 heavy (non-hydrogen) atoms. The van der Waals surface area contributed by atoms with E-state index in [4.69, 9.17) is 14.2 Å². The van der Waals surface area contributed by atoms with Crippen LogP contribution in [0.25, 0.3) is 0 Å². The van der Waals surface area contributed by atoms with Gasteiger partial charge < -0.3 is 14.2 Å². The third-order valence-electron chi connectivity index (χ3n) is 12.3. The Balaban J connectivity index is 4.54. The molecule has 6 heteroatoms. The quantitative estimate of drug-likeness (QED) is 0.0261. The number of hydrogen-bond acceptors (Lipinski definition) is 6. The van der Waals surface area contributed by atoms with Crippen LogP contribution in [0.4, 0.5) is 0 Å². The lowest BCUT2D eigenvalue weighted by Gasteiger charge is -2.18. The second kappa shape index (κ2) is 61.8. The molecule has 0 aromatic rings. The number of esters is 3. The predicted octanol–water partition coefficient (Wildman–Crippen LogP) is 20.8. The third-order valence-corrected chi connectivity index (χ3v) is 12.3. The van der Waals surface area contributed by atoms with Crippen molar-refractivity contribution in [2.75, 3.05) is 13.2 Å². The maximum atomic E-state index is 12.9. The van der Waals surface area contributed by atoms with Crippen molar-refractivity contribution in [3.63, 3.8) is 0 Å². The molecule has 6 nitrogen and oxygen atoms in total. The molecule has 0 N–H and O–H groups in total. The van der Waals surface area contributed by atoms with E-state index in [9.17, 15) is 14.4 Å². The van der Waals surface area contributed by atoms with E-state index in [0.29, 0.717) is 25.7 Å². The molecule has 0 saturated carbocycles. The van der Waals surface area contributed by atoms with Crippen molar-refractivity contribution in [2.45, 2.75) is 258 Å². The Labute approximate surface area is 461 Å². The zero-order valence-electron chi connectivity index (χ0n) is 48.3. The van der Waals surface area contributed by atoms with E-state index in [1.54, 1.807) is 0 Å². The number of ether oxygens (including phenoxy) is 3. The lowest BCUT2D eigenvalue weighted by atomic mass is 10.1. The van der Waals surface area contributed by atoms with Gasteiger partial charge in [0.05, 0.1) is 0 Å². The highest BCUT2D eigenvalue weighted by Crippen LogP contribution is 2.14. The van der Waals surface area contributed by atoms with Crippen LogP contribution in [0, 0.1) is 0 Å². The van der Waals surface area contributed by atoms with Crippen molar-refractivity contribution in [3.8, 4) is 0 Å². The molecule has 0 rings (SSSR count). The molecule has 0 fully saturated rings. The maximum absolute atomic E-state index is 12.9. The van der Waals surface area contributed by atoms with Gasteiger partial charge in [-0.05, 0) is 141 Å². The van der Waals surface area contributed by atoms with Gasteiger partial charge in [-0.1, -0.05) is 237 Å². The molecule has 0 bridgehead atoms. The fraction of sp³-hybridized carbons (Fsp3) is 0.609. The lowest BCUT2D eigenvalue weighted by Crippen LogP contribution is -2.30. The minimum absolute atomic E-state index is 0.108. The highest BCUT2D eigenvalue weighted by Gasteiger charge is 2.19. The fourth-order valence-electron chi connectivity index (χ4n) is 7.82. The van der Waals surface area contributed by atoms with Crippen LogP contribution in [-0.4, -0.2) is 37.2 Å². The van der Waals surface area contributed by atoms with Crippen LogP contribution in [0.2, 0.25) is 0 Å². The maximum Gasteiger partial charge on any atom is 0.306 e. The summed E-state index contributed by atoms with van der Waals surface area (Å²) < 4.78 is 16.9. The van der Waals surface area contributed by atoms with Gasteiger partial charge >= 0.3 is 17.9 Å². The van der Waals surface area contributed by atoms with E-state index in [1.807, 2.05) is 0 Å². The second-order valence-electron chi connectivity index (χ2n) is 19.5. The predicted molar refractivity (Wildman–Crippen MR) is 325 cm³/mol. The van der Waals surface area contributed by atoms with Crippen molar-refractivity contribution < 1.29 is 28.6 Å². The Morgan fingerprint density at radius 3 is 0.840 bits per heavy atom. The Kier molecular flexibility index (Phi) is 58.0. The molecule has 0 saturated heterocycles. The summed E-state index contributed by atoms with van der Waals surface area (Å²) in [7, 11) is 0. The largest absolute Gasteiger partial charge is 0.462 e. The summed E-state index contributed by atoms with van der Waals surface area (Å²) >= 11 is 0. The molecule has 422 valence electrons. The topological polar surface area (TPSA) is 78.9 Å². The summed E-state index contributed by atoms with van der Waals surface area (Å²) in [5.41, 5.74) is 0. The first kappa shape index (κ1) is 70.3. The van der Waals surface area contributed by atoms with Crippen LogP contribution >= 0.6 is 0 Å². The number of unbranched alkanes of at least 4 members (excludes halogenated alkanes) is 18. The van der Waals surface area contributed by atoms with Gasteiger partial charge in [-0.2, -0.15) is 0 Å². The summed E-state index contributed by atoms with van der Waals surface area (Å²) in [5, 5.41) is 0. The average molecular weight is 1040 g/mol. The van der Waals surface area contributed by atoms with Crippen LogP contribution in [0.5, 0.6) is 0 Å². The van der Waals surface area contributed by atoms with E-state index >= 15 is 0 Å². The van der Waals surface area contributed by atoms with E-state index in [-0.39, 0.29) is 31.1 Å². The van der Waals surface area contributed by atoms with E-state index < -0.39 is 6.10 Å². The minimum atomic E-state index is -0.815. The first-order valence-electron chi connectivity index (χ1n) is 30.3. The van der Waals surface area contributed by atoms with Crippen molar-refractivity contribution in [1.82, 2.24) is 0 Å². The first-order valence-corrected chi connectivity index (χ1v) is 30.3. The SMILES string of the molecule is CC/C=C\C/C=C\C/C=C\C/C=C\C/C=C\C/C=C\CCCCC(=O)OCC(COC(=O)CCCCCCCCC/C=C\C/C=C\C/C=C\CC)OC(=O)CCCCCCCC/C=C\C/C=C\C/C=C\CCCCC. The normalized spacial score (nSPS) is 13.2. The molecule has 1 atom stereocenters. The van der Waals surface area contributed by atoms with Crippen molar-refractivity contribution >= 4 is 17.9 Å². The van der Waals surface area contributed by atoms with Gasteiger partial charge in [0.2, 0.25) is 0 Å². The molecule has 0 spiro atoms. The average Bonchev–Trinajstić information content (AvgIpc) is 3.41. The summed E-state index contributed by atoms with van der Waals surface area (Å²) in [6.45, 7) is 6.33. The van der Waals surface area contributed by atoms with E-state index in [1.165, 1.54) is 64.2 Å². The zero-order chi connectivity index (χ0) is 54.3. The zero-order valence-corrected chi connectivity index (χ0v) is 48.3. The van der Waals surface area contributed by atoms with Crippen molar-refractivity contribution in [3.05, 3.63) is 146 Å². The van der Waals surface area contributed by atoms with Crippen LogP contribution in [0.15, 0.2) is 146 Å². The number of rotatable bonds is 53. The Morgan fingerprint density at radius 1 is 0.280 bits per heavy atom. The summed E-state index contributed by atoms with van der Waals surface area (Å²) in [6.07, 6.45) is 88.3. The van der Waals surface area contributed by atoms with Gasteiger partial charge in [-0.15, -0.1) is 0 Å². The van der Waals surface area contributed by atoms with Gasteiger partial charge in [-0.3, -0.25) is 14.4 Å². The highest BCUT2D eigenvalue weighted by atomic mass is 16.6. The summed E-state index contributed by atoms with van der Waals surface area (Å²) in [4.78, 5) is 38.3. The number of hydrogen-bond donors (Lipinski definition) is 0.